The Bertz CT molecular complexity index is 611. The number of benzene rings is 2. The van der Waals surface area contributed by atoms with Crippen molar-refractivity contribution in [3.63, 3.8) is 0 Å². The lowest BCUT2D eigenvalue weighted by atomic mass is 10.0. The quantitative estimate of drug-likeness (QED) is 0.830. The van der Waals surface area contributed by atoms with E-state index in [-0.39, 0.29) is 11.6 Å². The second-order valence-corrected chi connectivity index (χ2v) is 4.20. The molecule has 0 radical (unpaired) electrons. The third-order valence-corrected chi connectivity index (χ3v) is 2.90. The third kappa shape index (κ3) is 2.91. The molecule has 3 nitrogen and oxygen atoms in total. The van der Waals surface area contributed by atoms with Crippen LogP contribution in [0.1, 0.15) is 22.8 Å². The number of amides is 1. The number of carbonyl (C=O) groups excluding carboxylic acids is 1. The number of hydrogen-bond acceptors (Lipinski definition) is 2. The van der Waals surface area contributed by atoms with Crippen molar-refractivity contribution < 1.29 is 9.18 Å². The second-order valence-electron chi connectivity index (χ2n) is 4.20. The molecule has 98 valence electrons. The van der Waals surface area contributed by atoms with Crippen LogP contribution in [0.2, 0.25) is 0 Å². The fraction of sp³-hybridized carbons (Fsp3) is 0.133. The van der Waals surface area contributed by atoms with Crippen LogP contribution in [0.15, 0.2) is 42.5 Å². The maximum Gasteiger partial charge on any atom is 0.255 e. The van der Waals surface area contributed by atoms with E-state index in [9.17, 15) is 9.18 Å². The molecule has 2 aromatic rings. The molecule has 0 aromatic heterocycles. The first kappa shape index (κ1) is 13.1. The van der Waals surface area contributed by atoms with Gasteiger partial charge >= 0.3 is 0 Å². The van der Waals surface area contributed by atoms with Crippen LogP contribution in [0.25, 0.3) is 0 Å². The van der Waals surface area contributed by atoms with Crippen LogP contribution >= 0.6 is 0 Å². The highest BCUT2D eigenvalue weighted by molar-refractivity contribution is 6.06. The first-order valence-corrected chi connectivity index (χ1v) is 6.06. The summed E-state index contributed by atoms with van der Waals surface area (Å²) in [4.78, 5) is 12.2. The van der Waals surface area contributed by atoms with Crippen molar-refractivity contribution >= 4 is 17.3 Å². The maximum atomic E-state index is 12.9. The van der Waals surface area contributed by atoms with E-state index in [4.69, 9.17) is 5.73 Å². The molecule has 0 heterocycles. The second kappa shape index (κ2) is 5.52. The molecule has 4 heteroatoms. The van der Waals surface area contributed by atoms with Crippen LogP contribution in [0.4, 0.5) is 15.8 Å². The first-order chi connectivity index (χ1) is 9.11. The van der Waals surface area contributed by atoms with Gasteiger partial charge in [0.15, 0.2) is 0 Å². The Labute approximate surface area is 111 Å². The number of nitrogen functional groups attached to an aromatic ring is 1. The summed E-state index contributed by atoms with van der Waals surface area (Å²) in [7, 11) is 0. The Morgan fingerprint density at radius 3 is 2.68 bits per heavy atom. The number of nitrogens with one attached hydrogen (secondary N) is 1. The molecule has 0 aliphatic carbocycles. The molecule has 0 aliphatic rings. The van der Waals surface area contributed by atoms with Gasteiger partial charge in [-0.3, -0.25) is 4.79 Å². The molecule has 2 rings (SSSR count). The van der Waals surface area contributed by atoms with Crippen molar-refractivity contribution in [2.45, 2.75) is 13.3 Å². The van der Waals surface area contributed by atoms with Gasteiger partial charge in [-0.25, -0.2) is 4.39 Å². The lowest BCUT2D eigenvalue weighted by molar-refractivity contribution is 0.102. The summed E-state index contributed by atoms with van der Waals surface area (Å²) >= 11 is 0. The highest BCUT2D eigenvalue weighted by Crippen LogP contribution is 2.20. The number of rotatable bonds is 3. The summed E-state index contributed by atoms with van der Waals surface area (Å²) < 4.78 is 12.9. The zero-order chi connectivity index (χ0) is 13.8. The topological polar surface area (TPSA) is 55.1 Å². The Morgan fingerprint density at radius 2 is 2.00 bits per heavy atom. The summed E-state index contributed by atoms with van der Waals surface area (Å²) in [5, 5.41) is 2.70. The fourth-order valence-corrected chi connectivity index (χ4v) is 1.89. The molecule has 3 N–H and O–H groups in total. The predicted octanol–water partition coefficient (Wildman–Crippen LogP) is 3.22. The minimum absolute atomic E-state index is 0.210. The number of hydrogen-bond donors (Lipinski definition) is 2. The van der Waals surface area contributed by atoms with E-state index in [1.807, 2.05) is 25.1 Å². The Balaban J connectivity index is 2.26. The number of anilines is 2. The Hall–Kier alpha value is -2.36. The number of aryl methyl sites for hydroxylation is 1. The molecule has 0 unspecified atom stereocenters. The molecule has 0 saturated carbocycles. The monoisotopic (exact) mass is 258 g/mol. The van der Waals surface area contributed by atoms with E-state index in [0.717, 1.165) is 12.0 Å². The summed E-state index contributed by atoms with van der Waals surface area (Å²) in [6.45, 7) is 1.98. The van der Waals surface area contributed by atoms with E-state index in [2.05, 4.69) is 5.32 Å². The molecular formula is C15H15FN2O. The van der Waals surface area contributed by atoms with Crippen LogP contribution in [-0.2, 0) is 6.42 Å². The SMILES string of the molecule is CCc1ccccc1C(=O)Nc1ccc(F)cc1N. The molecule has 0 saturated heterocycles. The summed E-state index contributed by atoms with van der Waals surface area (Å²) in [5.74, 6) is -0.666. The number of nitrogens with two attached hydrogens (primary N) is 1. The molecule has 0 fully saturated rings. The van der Waals surface area contributed by atoms with Crippen molar-refractivity contribution in [3.8, 4) is 0 Å². The van der Waals surface area contributed by atoms with Crippen LogP contribution < -0.4 is 11.1 Å². The van der Waals surface area contributed by atoms with Gasteiger partial charge < -0.3 is 11.1 Å². The molecule has 0 spiro atoms. The minimum atomic E-state index is -0.426. The van der Waals surface area contributed by atoms with Gasteiger partial charge in [0, 0.05) is 5.56 Å². The first-order valence-electron chi connectivity index (χ1n) is 6.06. The average molecular weight is 258 g/mol. The van der Waals surface area contributed by atoms with E-state index >= 15 is 0 Å². The van der Waals surface area contributed by atoms with Crippen LogP contribution in [0.5, 0.6) is 0 Å². The van der Waals surface area contributed by atoms with E-state index in [0.29, 0.717) is 11.3 Å². The van der Waals surface area contributed by atoms with Gasteiger partial charge in [-0.15, -0.1) is 0 Å². The third-order valence-electron chi connectivity index (χ3n) is 2.90. The van der Waals surface area contributed by atoms with Gasteiger partial charge in [0.05, 0.1) is 11.4 Å². The Kier molecular flexibility index (Phi) is 3.80. The van der Waals surface area contributed by atoms with Gasteiger partial charge in [-0.1, -0.05) is 25.1 Å². The minimum Gasteiger partial charge on any atom is -0.397 e. The van der Waals surface area contributed by atoms with E-state index < -0.39 is 5.82 Å². The smallest absolute Gasteiger partial charge is 0.255 e. The van der Waals surface area contributed by atoms with Crippen molar-refractivity contribution in [2.24, 2.45) is 0 Å². The van der Waals surface area contributed by atoms with Crippen molar-refractivity contribution in [3.05, 3.63) is 59.4 Å². The van der Waals surface area contributed by atoms with Crippen LogP contribution in [0.3, 0.4) is 0 Å². The predicted molar refractivity (Wildman–Crippen MR) is 74.6 cm³/mol. The molecule has 19 heavy (non-hydrogen) atoms. The largest absolute Gasteiger partial charge is 0.397 e. The van der Waals surface area contributed by atoms with Gasteiger partial charge in [0.1, 0.15) is 5.82 Å². The van der Waals surface area contributed by atoms with Gasteiger partial charge in [-0.2, -0.15) is 0 Å². The summed E-state index contributed by atoms with van der Waals surface area (Å²) in [6, 6.07) is 11.3. The van der Waals surface area contributed by atoms with Gasteiger partial charge in [0.2, 0.25) is 0 Å². The fourth-order valence-electron chi connectivity index (χ4n) is 1.89. The van der Waals surface area contributed by atoms with E-state index in [1.165, 1.54) is 18.2 Å². The van der Waals surface area contributed by atoms with Crippen LogP contribution in [0, 0.1) is 5.82 Å². The molecule has 0 bridgehead atoms. The Morgan fingerprint density at radius 1 is 1.26 bits per heavy atom. The normalized spacial score (nSPS) is 10.2. The zero-order valence-electron chi connectivity index (χ0n) is 10.6. The highest BCUT2D eigenvalue weighted by atomic mass is 19.1. The van der Waals surface area contributed by atoms with Gasteiger partial charge in [-0.05, 0) is 36.2 Å². The number of carbonyl (C=O) groups is 1. The molecule has 0 aliphatic heterocycles. The average Bonchev–Trinajstić information content (AvgIpc) is 2.41. The lowest BCUT2D eigenvalue weighted by Gasteiger charge is -2.10. The molecule has 0 atom stereocenters. The summed E-state index contributed by atoms with van der Waals surface area (Å²) in [5.41, 5.74) is 7.85. The standard InChI is InChI=1S/C15H15FN2O/c1-2-10-5-3-4-6-12(10)15(19)18-14-8-7-11(16)9-13(14)17/h3-9H,2,17H2,1H3,(H,18,19). The molecule has 2 aromatic carbocycles. The van der Waals surface area contributed by atoms with Crippen molar-refractivity contribution in [2.75, 3.05) is 11.1 Å². The lowest BCUT2D eigenvalue weighted by Crippen LogP contribution is -2.15. The van der Waals surface area contributed by atoms with Gasteiger partial charge in [0.25, 0.3) is 5.91 Å². The summed E-state index contributed by atoms with van der Waals surface area (Å²) in [6.07, 6.45) is 0.766. The zero-order valence-corrected chi connectivity index (χ0v) is 10.6. The maximum absolute atomic E-state index is 12.9. The van der Waals surface area contributed by atoms with E-state index in [1.54, 1.807) is 6.07 Å². The molecule has 1 amide bonds. The van der Waals surface area contributed by atoms with Crippen molar-refractivity contribution in [1.82, 2.24) is 0 Å². The van der Waals surface area contributed by atoms with Crippen LogP contribution in [-0.4, -0.2) is 5.91 Å². The van der Waals surface area contributed by atoms with Crippen molar-refractivity contribution in [1.29, 1.82) is 0 Å². The highest BCUT2D eigenvalue weighted by Gasteiger charge is 2.11. The molecular weight excluding hydrogens is 243 g/mol. The number of halogens is 1.